The van der Waals surface area contributed by atoms with Crippen LogP contribution in [0.2, 0.25) is 0 Å². The predicted molar refractivity (Wildman–Crippen MR) is 81.1 cm³/mol. The van der Waals surface area contributed by atoms with E-state index in [4.69, 9.17) is 5.73 Å². The van der Waals surface area contributed by atoms with E-state index in [1.807, 2.05) is 18.2 Å². The average Bonchev–Trinajstić information content (AvgIpc) is 2.48. The monoisotopic (exact) mass is 266 g/mol. The zero-order valence-electron chi connectivity index (χ0n) is 11.6. The maximum absolute atomic E-state index is 9.25. The Morgan fingerprint density at radius 3 is 2.70 bits per heavy atom. The molecule has 0 amide bonds. The third-order valence-electron chi connectivity index (χ3n) is 3.02. The molecule has 0 aliphatic heterocycles. The van der Waals surface area contributed by atoms with Gasteiger partial charge in [-0.15, -0.1) is 0 Å². The van der Waals surface area contributed by atoms with Crippen LogP contribution in [0.1, 0.15) is 24.5 Å². The molecule has 0 fully saturated rings. The molecule has 2 aromatic rings. The average molecular weight is 266 g/mol. The third-order valence-corrected chi connectivity index (χ3v) is 3.02. The molecule has 1 aromatic carbocycles. The second kappa shape index (κ2) is 6.58. The maximum atomic E-state index is 9.25. The molecular weight excluding hydrogens is 248 g/mol. The van der Waals surface area contributed by atoms with Gasteiger partial charge in [-0.1, -0.05) is 37.3 Å². The number of benzene rings is 1. The Hall–Kier alpha value is -2.54. The van der Waals surface area contributed by atoms with Gasteiger partial charge in [-0.2, -0.15) is 5.26 Å². The number of aromatic nitrogens is 1. The molecule has 0 atom stereocenters. The van der Waals surface area contributed by atoms with Crippen LogP contribution in [0.3, 0.4) is 0 Å². The van der Waals surface area contributed by atoms with Crippen molar-refractivity contribution < 1.29 is 0 Å². The van der Waals surface area contributed by atoms with Gasteiger partial charge in [0.15, 0.2) is 0 Å². The fourth-order valence-electron chi connectivity index (χ4n) is 2.14. The van der Waals surface area contributed by atoms with Crippen LogP contribution in [0.25, 0.3) is 0 Å². The molecule has 0 bridgehead atoms. The highest BCUT2D eigenvalue weighted by atomic mass is 15.2. The minimum absolute atomic E-state index is 0.515. The molecule has 0 radical (unpaired) electrons. The lowest BCUT2D eigenvalue weighted by molar-refractivity contribution is 0.753. The summed E-state index contributed by atoms with van der Waals surface area (Å²) in [4.78, 5) is 6.46. The van der Waals surface area contributed by atoms with Gasteiger partial charge in [0.05, 0.1) is 17.4 Å². The third kappa shape index (κ3) is 3.27. The lowest BCUT2D eigenvalue weighted by Gasteiger charge is -2.24. The van der Waals surface area contributed by atoms with E-state index in [9.17, 15) is 5.26 Å². The van der Waals surface area contributed by atoms with Gasteiger partial charge >= 0.3 is 0 Å². The summed E-state index contributed by atoms with van der Waals surface area (Å²) >= 11 is 0. The van der Waals surface area contributed by atoms with Gasteiger partial charge in [0.1, 0.15) is 11.9 Å². The Balaban J connectivity index is 2.31. The van der Waals surface area contributed by atoms with E-state index in [2.05, 4.69) is 35.0 Å². The Morgan fingerprint density at radius 2 is 2.05 bits per heavy atom. The number of hydrogen-bond donors (Lipinski definition) is 1. The first kappa shape index (κ1) is 13.9. The van der Waals surface area contributed by atoms with Gasteiger partial charge < -0.3 is 10.6 Å². The molecule has 0 saturated carbocycles. The number of nitriles is 1. The molecule has 1 heterocycles. The molecular formula is C16H18N4. The van der Waals surface area contributed by atoms with E-state index in [0.717, 1.165) is 19.5 Å². The maximum Gasteiger partial charge on any atom is 0.146 e. The summed E-state index contributed by atoms with van der Waals surface area (Å²) in [6.45, 7) is 3.70. The minimum Gasteiger partial charge on any atom is -0.397 e. The van der Waals surface area contributed by atoms with Crippen molar-refractivity contribution in [2.45, 2.75) is 19.9 Å². The molecule has 4 heteroatoms. The molecule has 4 nitrogen and oxygen atoms in total. The van der Waals surface area contributed by atoms with Crippen molar-refractivity contribution in [3.8, 4) is 6.07 Å². The molecule has 2 rings (SSSR count). The number of rotatable bonds is 5. The lowest BCUT2D eigenvalue weighted by atomic mass is 10.2. The fourth-order valence-corrected chi connectivity index (χ4v) is 2.14. The Kier molecular flexibility index (Phi) is 4.56. The molecule has 0 spiro atoms. The molecule has 2 N–H and O–H groups in total. The Labute approximate surface area is 119 Å². The van der Waals surface area contributed by atoms with Crippen LogP contribution in [0.5, 0.6) is 0 Å². The predicted octanol–water partition coefficient (Wildman–Crippen LogP) is 2.95. The number of nitrogens with two attached hydrogens (primary N) is 1. The number of anilines is 2. The van der Waals surface area contributed by atoms with Gasteiger partial charge in [-0.3, -0.25) is 0 Å². The van der Waals surface area contributed by atoms with E-state index >= 15 is 0 Å². The van der Waals surface area contributed by atoms with E-state index in [0.29, 0.717) is 17.1 Å². The molecule has 102 valence electrons. The molecule has 0 saturated heterocycles. The van der Waals surface area contributed by atoms with Gasteiger partial charge in [0.25, 0.3) is 0 Å². The van der Waals surface area contributed by atoms with E-state index in [1.54, 1.807) is 12.3 Å². The van der Waals surface area contributed by atoms with Gasteiger partial charge in [0.2, 0.25) is 0 Å². The highest BCUT2D eigenvalue weighted by Gasteiger charge is 2.13. The number of pyridine rings is 1. The smallest absolute Gasteiger partial charge is 0.146 e. The zero-order valence-corrected chi connectivity index (χ0v) is 11.6. The van der Waals surface area contributed by atoms with Gasteiger partial charge in [-0.25, -0.2) is 4.98 Å². The van der Waals surface area contributed by atoms with Crippen molar-refractivity contribution in [2.75, 3.05) is 17.2 Å². The second-order valence-electron chi connectivity index (χ2n) is 4.66. The van der Waals surface area contributed by atoms with Crippen molar-refractivity contribution in [3.63, 3.8) is 0 Å². The van der Waals surface area contributed by atoms with Crippen molar-refractivity contribution in [1.29, 1.82) is 5.26 Å². The zero-order chi connectivity index (χ0) is 14.4. The Bertz CT molecular complexity index is 602. The quantitative estimate of drug-likeness (QED) is 0.903. The van der Waals surface area contributed by atoms with Crippen molar-refractivity contribution in [2.24, 2.45) is 0 Å². The van der Waals surface area contributed by atoms with Crippen LogP contribution in [-0.2, 0) is 6.54 Å². The lowest BCUT2D eigenvalue weighted by Crippen LogP contribution is -2.25. The SMILES string of the molecule is CCCN(Cc1ccccc1)c1ncc(N)cc1C#N. The molecule has 0 aliphatic carbocycles. The molecule has 1 aromatic heterocycles. The van der Waals surface area contributed by atoms with Crippen molar-refractivity contribution >= 4 is 11.5 Å². The van der Waals surface area contributed by atoms with Gasteiger partial charge in [-0.05, 0) is 18.1 Å². The first-order chi connectivity index (χ1) is 9.74. The van der Waals surface area contributed by atoms with Crippen LogP contribution >= 0.6 is 0 Å². The van der Waals surface area contributed by atoms with Crippen LogP contribution in [0, 0.1) is 11.3 Å². The normalized spacial score (nSPS) is 10.0. The summed E-state index contributed by atoms with van der Waals surface area (Å²) in [5, 5.41) is 9.25. The van der Waals surface area contributed by atoms with E-state index in [-0.39, 0.29) is 0 Å². The molecule has 20 heavy (non-hydrogen) atoms. The summed E-state index contributed by atoms with van der Waals surface area (Å²) in [7, 11) is 0. The summed E-state index contributed by atoms with van der Waals surface area (Å²) < 4.78 is 0. The Morgan fingerprint density at radius 1 is 1.30 bits per heavy atom. The topological polar surface area (TPSA) is 65.9 Å². The fraction of sp³-hybridized carbons (Fsp3) is 0.250. The van der Waals surface area contributed by atoms with Crippen LogP contribution < -0.4 is 10.6 Å². The highest BCUT2D eigenvalue weighted by molar-refractivity contribution is 5.59. The van der Waals surface area contributed by atoms with Gasteiger partial charge in [0, 0.05) is 13.1 Å². The first-order valence-electron chi connectivity index (χ1n) is 6.69. The van der Waals surface area contributed by atoms with E-state index in [1.165, 1.54) is 5.56 Å². The minimum atomic E-state index is 0.515. The summed E-state index contributed by atoms with van der Waals surface area (Å²) in [5.41, 5.74) is 7.93. The molecule has 0 unspecified atom stereocenters. The molecule has 0 aliphatic rings. The van der Waals surface area contributed by atoms with Crippen molar-refractivity contribution in [1.82, 2.24) is 4.98 Å². The standard InChI is InChI=1S/C16H18N4/c1-2-8-20(12-13-6-4-3-5-7-13)16-14(10-17)9-15(18)11-19-16/h3-7,9,11H,2,8,12,18H2,1H3. The number of nitrogens with zero attached hydrogens (tertiary/aromatic N) is 3. The largest absolute Gasteiger partial charge is 0.397 e. The van der Waals surface area contributed by atoms with E-state index < -0.39 is 0 Å². The second-order valence-corrected chi connectivity index (χ2v) is 4.66. The van der Waals surface area contributed by atoms with Crippen molar-refractivity contribution in [3.05, 3.63) is 53.7 Å². The van der Waals surface area contributed by atoms with Crippen LogP contribution in [0.4, 0.5) is 11.5 Å². The summed E-state index contributed by atoms with van der Waals surface area (Å²) in [6.07, 6.45) is 2.59. The summed E-state index contributed by atoms with van der Waals surface area (Å²) in [5.74, 6) is 0.701. The first-order valence-corrected chi connectivity index (χ1v) is 6.69. The van der Waals surface area contributed by atoms with Crippen LogP contribution in [0.15, 0.2) is 42.6 Å². The summed E-state index contributed by atoms with van der Waals surface area (Å²) in [6, 6.07) is 14.0. The highest BCUT2D eigenvalue weighted by Crippen LogP contribution is 2.21. The number of nitrogen functional groups attached to an aromatic ring is 1. The van der Waals surface area contributed by atoms with Crippen LogP contribution in [-0.4, -0.2) is 11.5 Å². The number of hydrogen-bond acceptors (Lipinski definition) is 4.